The van der Waals surface area contributed by atoms with Crippen LogP contribution in [0, 0.1) is 5.92 Å². The van der Waals surface area contributed by atoms with Crippen LogP contribution in [0.15, 0.2) is 48.5 Å². The highest BCUT2D eigenvalue weighted by atomic mass is 16.5. The molecule has 2 aromatic carbocycles. The highest BCUT2D eigenvalue weighted by Crippen LogP contribution is 2.34. The first kappa shape index (κ1) is 30.5. The number of piperidine rings is 1. The fourth-order valence-corrected chi connectivity index (χ4v) is 5.72. The number of hydrogen-bond donors (Lipinski definition) is 3. The number of nitrogens with one attached hydrogen (secondary N) is 2. The predicted molar refractivity (Wildman–Crippen MR) is 157 cm³/mol. The van der Waals surface area contributed by atoms with E-state index in [4.69, 9.17) is 4.74 Å². The van der Waals surface area contributed by atoms with Crippen molar-refractivity contribution in [1.29, 1.82) is 0 Å². The second-order valence-electron chi connectivity index (χ2n) is 11.6. The Balaban J connectivity index is 1.34. The number of nitrogens with zero attached hydrogens (tertiary/aromatic N) is 2. The largest absolute Gasteiger partial charge is 0.497 e. The molecule has 0 radical (unpaired) electrons. The van der Waals surface area contributed by atoms with E-state index in [1.807, 2.05) is 62.4 Å². The topological polar surface area (TPSA) is 111 Å². The molecule has 41 heavy (non-hydrogen) atoms. The Bertz CT molecular complexity index is 1190. The van der Waals surface area contributed by atoms with E-state index in [-0.39, 0.29) is 23.6 Å². The van der Waals surface area contributed by atoms with E-state index < -0.39 is 17.7 Å². The lowest BCUT2D eigenvalue weighted by Crippen LogP contribution is -2.74. The summed E-state index contributed by atoms with van der Waals surface area (Å²) in [6, 6.07) is 14.3. The van der Waals surface area contributed by atoms with Gasteiger partial charge in [0.05, 0.1) is 13.2 Å². The van der Waals surface area contributed by atoms with Crippen molar-refractivity contribution in [2.24, 2.45) is 5.92 Å². The zero-order valence-corrected chi connectivity index (χ0v) is 24.7. The number of carbonyl (C=O) groups excluding carboxylic acids is 3. The highest BCUT2D eigenvalue weighted by molar-refractivity contribution is 6.00. The van der Waals surface area contributed by atoms with Crippen molar-refractivity contribution in [3.05, 3.63) is 65.2 Å². The standard InChI is InChI=1S/C32H44N4O5/c1-5-6-17-36-30(39)27(28(37)22(2)3)34-31(40)32(36)15-18-35(19-16-32)21-24-7-11-25(12-8-24)29(38)33-20-23-9-13-26(41-4)14-10-23/h7-14,22,27-28,37H,5-6,15-21H2,1-4H3,(H,33,38)(H,34,40)/t27-,28-/m1/s1. The number of rotatable bonds is 11. The van der Waals surface area contributed by atoms with Crippen molar-refractivity contribution in [3.8, 4) is 5.75 Å². The van der Waals surface area contributed by atoms with Gasteiger partial charge in [0, 0.05) is 38.3 Å². The number of piperazine rings is 1. The van der Waals surface area contributed by atoms with E-state index in [1.165, 1.54) is 0 Å². The molecule has 0 bridgehead atoms. The van der Waals surface area contributed by atoms with Crippen LogP contribution >= 0.6 is 0 Å². The van der Waals surface area contributed by atoms with Crippen LogP contribution < -0.4 is 15.4 Å². The van der Waals surface area contributed by atoms with Crippen LogP contribution in [-0.2, 0) is 22.7 Å². The number of ether oxygens (including phenoxy) is 1. The number of hydrogen-bond acceptors (Lipinski definition) is 6. The fourth-order valence-electron chi connectivity index (χ4n) is 5.72. The van der Waals surface area contributed by atoms with Gasteiger partial charge in [0.15, 0.2) is 0 Å². The highest BCUT2D eigenvalue weighted by Gasteiger charge is 2.54. The zero-order valence-electron chi connectivity index (χ0n) is 24.7. The summed E-state index contributed by atoms with van der Waals surface area (Å²) in [5.41, 5.74) is 1.80. The smallest absolute Gasteiger partial charge is 0.251 e. The number of likely N-dealkylation sites (tertiary alicyclic amines) is 1. The van der Waals surface area contributed by atoms with Crippen LogP contribution in [0.4, 0.5) is 0 Å². The van der Waals surface area contributed by atoms with Crippen LogP contribution in [0.25, 0.3) is 0 Å². The van der Waals surface area contributed by atoms with Crippen molar-refractivity contribution in [2.75, 3.05) is 26.7 Å². The molecule has 2 atom stereocenters. The third kappa shape index (κ3) is 6.90. The average Bonchev–Trinajstić information content (AvgIpc) is 2.99. The molecule has 4 rings (SSSR count). The molecule has 222 valence electrons. The second kappa shape index (κ2) is 13.5. The lowest BCUT2D eigenvalue weighted by atomic mass is 9.80. The molecule has 0 aromatic heterocycles. The maximum atomic E-state index is 13.5. The number of aliphatic hydroxyl groups excluding tert-OH is 1. The first-order chi connectivity index (χ1) is 19.7. The van der Waals surface area contributed by atoms with Gasteiger partial charge in [-0.15, -0.1) is 0 Å². The van der Waals surface area contributed by atoms with Gasteiger partial charge in [-0.3, -0.25) is 19.3 Å². The number of benzene rings is 2. The number of aliphatic hydroxyl groups is 1. The van der Waals surface area contributed by atoms with Crippen molar-refractivity contribution in [1.82, 2.24) is 20.4 Å². The van der Waals surface area contributed by atoms with Gasteiger partial charge in [-0.2, -0.15) is 0 Å². The number of methoxy groups -OCH3 is 1. The van der Waals surface area contributed by atoms with Crippen LogP contribution in [-0.4, -0.2) is 77.1 Å². The predicted octanol–water partition coefficient (Wildman–Crippen LogP) is 3.10. The molecule has 2 aromatic rings. The van der Waals surface area contributed by atoms with E-state index in [2.05, 4.69) is 22.5 Å². The minimum Gasteiger partial charge on any atom is -0.497 e. The van der Waals surface area contributed by atoms with E-state index in [0.29, 0.717) is 51.1 Å². The van der Waals surface area contributed by atoms with E-state index >= 15 is 0 Å². The molecule has 2 aliphatic heterocycles. The molecule has 0 unspecified atom stereocenters. The van der Waals surface area contributed by atoms with Gasteiger partial charge in [-0.1, -0.05) is 51.5 Å². The van der Waals surface area contributed by atoms with Crippen molar-refractivity contribution in [3.63, 3.8) is 0 Å². The molecule has 2 fully saturated rings. The van der Waals surface area contributed by atoms with Crippen molar-refractivity contribution < 1.29 is 24.2 Å². The average molecular weight is 565 g/mol. The van der Waals surface area contributed by atoms with Crippen LogP contribution in [0.1, 0.15) is 67.9 Å². The summed E-state index contributed by atoms with van der Waals surface area (Å²) in [7, 11) is 1.62. The Morgan fingerprint density at radius 3 is 2.29 bits per heavy atom. The molecule has 9 heteroatoms. The lowest BCUT2D eigenvalue weighted by molar-refractivity contribution is -0.165. The van der Waals surface area contributed by atoms with Gasteiger partial charge in [-0.05, 0) is 60.6 Å². The Hall–Kier alpha value is -3.43. The Labute approximate surface area is 243 Å². The van der Waals surface area contributed by atoms with Crippen LogP contribution in [0.5, 0.6) is 5.75 Å². The van der Waals surface area contributed by atoms with Gasteiger partial charge in [0.25, 0.3) is 5.91 Å². The number of amides is 3. The molecule has 2 aliphatic rings. The molecular weight excluding hydrogens is 520 g/mol. The molecular formula is C32H44N4O5. The minimum atomic E-state index is -0.916. The summed E-state index contributed by atoms with van der Waals surface area (Å²) >= 11 is 0. The summed E-state index contributed by atoms with van der Waals surface area (Å²) in [6.45, 7) is 8.77. The SMILES string of the molecule is CCCCN1C(=O)[C@@H]([C@H](O)C(C)C)NC(=O)C12CCN(Cc1ccc(C(=O)NCc3ccc(OC)cc3)cc1)CC2. The van der Waals surface area contributed by atoms with Gasteiger partial charge in [0.2, 0.25) is 11.8 Å². The Morgan fingerprint density at radius 1 is 1.07 bits per heavy atom. The third-order valence-electron chi connectivity index (χ3n) is 8.44. The van der Waals surface area contributed by atoms with E-state index in [0.717, 1.165) is 29.7 Å². The van der Waals surface area contributed by atoms with Gasteiger partial charge < -0.3 is 25.4 Å². The summed E-state index contributed by atoms with van der Waals surface area (Å²) in [5.74, 6) is 0.183. The maximum absolute atomic E-state index is 13.5. The molecule has 1 spiro atoms. The van der Waals surface area contributed by atoms with Crippen molar-refractivity contribution >= 4 is 17.7 Å². The Morgan fingerprint density at radius 2 is 1.71 bits per heavy atom. The molecule has 0 saturated carbocycles. The molecule has 9 nitrogen and oxygen atoms in total. The van der Waals surface area contributed by atoms with Gasteiger partial charge in [-0.25, -0.2) is 0 Å². The minimum absolute atomic E-state index is 0.131. The zero-order chi connectivity index (χ0) is 29.6. The van der Waals surface area contributed by atoms with Crippen LogP contribution in [0.2, 0.25) is 0 Å². The summed E-state index contributed by atoms with van der Waals surface area (Å²) < 4.78 is 5.17. The molecule has 2 saturated heterocycles. The summed E-state index contributed by atoms with van der Waals surface area (Å²) in [6.07, 6.45) is 1.91. The molecule has 0 aliphatic carbocycles. The molecule has 2 heterocycles. The van der Waals surface area contributed by atoms with Gasteiger partial charge >= 0.3 is 0 Å². The van der Waals surface area contributed by atoms with E-state index in [1.54, 1.807) is 12.0 Å². The first-order valence-electron chi connectivity index (χ1n) is 14.7. The first-order valence-corrected chi connectivity index (χ1v) is 14.7. The maximum Gasteiger partial charge on any atom is 0.251 e. The Kier molecular flexibility index (Phi) is 10.0. The third-order valence-corrected chi connectivity index (χ3v) is 8.44. The second-order valence-corrected chi connectivity index (χ2v) is 11.6. The summed E-state index contributed by atoms with van der Waals surface area (Å²) in [4.78, 5) is 43.7. The monoisotopic (exact) mass is 564 g/mol. The van der Waals surface area contributed by atoms with E-state index in [9.17, 15) is 19.5 Å². The fraction of sp³-hybridized carbons (Fsp3) is 0.531. The quantitative estimate of drug-likeness (QED) is 0.387. The number of unbranched alkanes of at least 4 members (excludes halogenated alkanes) is 1. The normalized spacial score (nSPS) is 19.8. The van der Waals surface area contributed by atoms with Gasteiger partial charge in [0.1, 0.15) is 17.3 Å². The molecule has 3 N–H and O–H groups in total. The van der Waals surface area contributed by atoms with Crippen molar-refractivity contribution in [2.45, 2.75) is 77.2 Å². The lowest BCUT2D eigenvalue weighted by Gasteiger charge is -2.52. The van der Waals surface area contributed by atoms with Crippen LogP contribution in [0.3, 0.4) is 0 Å². The summed E-state index contributed by atoms with van der Waals surface area (Å²) in [5, 5.41) is 16.5. The number of carbonyl (C=O) groups is 3. The molecule has 3 amide bonds.